The van der Waals surface area contributed by atoms with Gasteiger partial charge in [-0.15, -0.1) is 0 Å². The highest BCUT2D eigenvalue weighted by atomic mass is 19.1. The summed E-state index contributed by atoms with van der Waals surface area (Å²) in [4.78, 5) is 15.5. The van der Waals surface area contributed by atoms with E-state index in [0.717, 1.165) is 11.3 Å². The number of carbonyl (C=O) groups excluding carboxylic acids is 1. The van der Waals surface area contributed by atoms with Gasteiger partial charge in [-0.25, -0.2) is 9.18 Å². The summed E-state index contributed by atoms with van der Waals surface area (Å²) >= 11 is 0. The smallest absolute Gasteiger partial charge is 0.337 e. The van der Waals surface area contributed by atoms with Crippen molar-refractivity contribution in [3.8, 4) is 0 Å². The molecule has 1 aromatic heterocycles. The van der Waals surface area contributed by atoms with Crippen molar-refractivity contribution in [3.63, 3.8) is 0 Å². The summed E-state index contributed by atoms with van der Waals surface area (Å²) in [5.41, 5.74) is 2.14. The molecule has 0 bridgehead atoms. The van der Waals surface area contributed by atoms with Crippen LogP contribution in [0.15, 0.2) is 42.6 Å². The second-order valence-corrected chi connectivity index (χ2v) is 3.83. The van der Waals surface area contributed by atoms with Crippen LogP contribution in [-0.4, -0.2) is 18.1 Å². The first kappa shape index (κ1) is 12.2. The van der Waals surface area contributed by atoms with Crippen molar-refractivity contribution in [2.24, 2.45) is 0 Å². The van der Waals surface area contributed by atoms with Gasteiger partial charge in [0, 0.05) is 18.3 Å². The van der Waals surface area contributed by atoms with Crippen molar-refractivity contribution < 1.29 is 13.9 Å². The zero-order valence-electron chi connectivity index (χ0n) is 9.89. The minimum atomic E-state index is -0.391. The molecule has 0 N–H and O–H groups in total. The third-order valence-electron chi connectivity index (χ3n) is 2.54. The molecule has 0 aliphatic rings. The number of rotatable bonds is 3. The van der Waals surface area contributed by atoms with Crippen molar-refractivity contribution in [3.05, 3.63) is 65.2 Å². The highest BCUT2D eigenvalue weighted by Crippen LogP contribution is 2.10. The van der Waals surface area contributed by atoms with Crippen molar-refractivity contribution in [1.82, 2.24) is 4.98 Å². The molecule has 0 amide bonds. The molecular weight excluding hydrogens is 233 g/mol. The second-order valence-electron chi connectivity index (χ2n) is 3.83. The monoisotopic (exact) mass is 245 g/mol. The Bertz CT molecular complexity index is 552. The number of benzene rings is 1. The molecule has 0 spiro atoms. The van der Waals surface area contributed by atoms with Crippen LogP contribution in [0.2, 0.25) is 0 Å². The Hall–Kier alpha value is -2.23. The van der Waals surface area contributed by atoms with Gasteiger partial charge in [-0.05, 0) is 29.8 Å². The van der Waals surface area contributed by atoms with E-state index in [4.69, 9.17) is 0 Å². The first-order valence-electron chi connectivity index (χ1n) is 5.47. The third-order valence-corrected chi connectivity index (χ3v) is 2.54. The molecule has 92 valence electrons. The molecule has 0 unspecified atom stereocenters. The largest absolute Gasteiger partial charge is 0.465 e. The molecule has 0 saturated heterocycles. The molecule has 0 saturated carbocycles. The summed E-state index contributed by atoms with van der Waals surface area (Å²) in [6, 6.07) is 9.47. The number of nitrogens with zero attached hydrogens (tertiary/aromatic N) is 1. The fourth-order valence-corrected chi connectivity index (χ4v) is 1.63. The van der Waals surface area contributed by atoms with Gasteiger partial charge >= 0.3 is 5.97 Å². The van der Waals surface area contributed by atoms with Crippen LogP contribution in [0.25, 0.3) is 0 Å². The Balaban J connectivity index is 2.19. The van der Waals surface area contributed by atoms with Crippen LogP contribution in [0.4, 0.5) is 4.39 Å². The molecule has 0 aliphatic carbocycles. The first-order chi connectivity index (χ1) is 8.69. The van der Waals surface area contributed by atoms with Crippen LogP contribution < -0.4 is 0 Å². The van der Waals surface area contributed by atoms with Crippen LogP contribution >= 0.6 is 0 Å². The highest BCUT2D eigenvalue weighted by Gasteiger charge is 2.06. The van der Waals surface area contributed by atoms with Gasteiger partial charge in [0.1, 0.15) is 5.82 Å². The Morgan fingerprint density at radius 3 is 2.67 bits per heavy atom. The molecule has 0 aliphatic heterocycles. The van der Waals surface area contributed by atoms with E-state index in [1.54, 1.807) is 30.5 Å². The molecule has 1 aromatic carbocycles. The van der Waals surface area contributed by atoms with Crippen LogP contribution in [0, 0.1) is 5.82 Å². The van der Waals surface area contributed by atoms with Crippen LogP contribution in [0.1, 0.15) is 21.6 Å². The summed E-state index contributed by atoms with van der Waals surface area (Å²) in [5, 5.41) is 0. The molecule has 2 aromatic rings. The molecule has 2 rings (SSSR count). The number of aromatic nitrogens is 1. The van der Waals surface area contributed by atoms with E-state index in [1.165, 1.54) is 19.2 Å². The van der Waals surface area contributed by atoms with E-state index in [9.17, 15) is 9.18 Å². The quantitative estimate of drug-likeness (QED) is 0.780. The van der Waals surface area contributed by atoms with Gasteiger partial charge in [-0.3, -0.25) is 4.98 Å². The maximum absolute atomic E-state index is 12.8. The summed E-state index contributed by atoms with van der Waals surface area (Å²) in [6.07, 6.45) is 2.11. The first-order valence-corrected chi connectivity index (χ1v) is 5.47. The van der Waals surface area contributed by atoms with Gasteiger partial charge in [-0.2, -0.15) is 0 Å². The van der Waals surface area contributed by atoms with Gasteiger partial charge in [0.2, 0.25) is 0 Å². The standard InChI is InChI=1S/C14H12FNO2/c1-18-14(17)11-6-7-16-13(9-11)8-10-2-4-12(15)5-3-10/h2-7,9H,8H2,1H3. The Morgan fingerprint density at radius 2 is 2.00 bits per heavy atom. The van der Waals surface area contributed by atoms with Crippen molar-refractivity contribution in [1.29, 1.82) is 0 Å². The third kappa shape index (κ3) is 2.91. The minimum Gasteiger partial charge on any atom is -0.465 e. The zero-order valence-corrected chi connectivity index (χ0v) is 9.89. The van der Waals surface area contributed by atoms with Crippen molar-refractivity contribution in [2.75, 3.05) is 7.11 Å². The molecule has 1 heterocycles. The molecule has 18 heavy (non-hydrogen) atoms. The van der Waals surface area contributed by atoms with Crippen molar-refractivity contribution >= 4 is 5.97 Å². The highest BCUT2D eigenvalue weighted by molar-refractivity contribution is 5.89. The van der Waals surface area contributed by atoms with Gasteiger partial charge < -0.3 is 4.74 Å². The van der Waals surface area contributed by atoms with E-state index in [2.05, 4.69) is 9.72 Å². The summed E-state index contributed by atoms with van der Waals surface area (Å²) in [5.74, 6) is -0.659. The summed E-state index contributed by atoms with van der Waals surface area (Å²) < 4.78 is 17.4. The number of esters is 1. The lowest BCUT2D eigenvalue weighted by atomic mass is 10.1. The maximum atomic E-state index is 12.8. The van der Waals surface area contributed by atoms with Crippen LogP contribution in [0.3, 0.4) is 0 Å². The number of methoxy groups -OCH3 is 1. The van der Waals surface area contributed by atoms with Gasteiger partial charge in [0.25, 0.3) is 0 Å². The summed E-state index contributed by atoms with van der Waals surface area (Å²) in [7, 11) is 1.34. The number of hydrogen-bond donors (Lipinski definition) is 0. The van der Waals surface area contributed by atoms with E-state index in [0.29, 0.717) is 12.0 Å². The maximum Gasteiger partial charge on any atom is 0.337 e. The SMILES string of the molecule is COC(=O)c1ccnc(Cc2ccc(F)cc2)c1. The summed E-state index contributed by atoms with van der Waals surface area (Å²) in [6.45, 7) is 0. The average Bonchev–Trinajstić information content (AvgIpc) is 2.41. The molecule has 4 heteroatoms. The van der Waals surface area contributed by atoms with E-state index in [1.807, 2.05) is 0 Å². The Labute approximate surface area is 104 Å². The zero-order chi connectivity index (χ0) is 13.0. The van der Waals surface area contributed by atoms with Crippen molar-refractivity contribution in [2.45, 2.75) is 6.42 Å². The van der Waals surface area contributed by atoms with E-state index in [-0.39, 0.29) is 5.82 Å². The number of carbonyl (C=O) groups is 1. The van der Waals surface area contributed by atoms with E-state index >= 15 is 0 Å². The van der Waals surface area contributed by atoms with Crippen LogP contribution in [0.5, 0.6) is 0 Å². The molecule has 3 nitrogen and oxygen atoms in total. The Kier molecular flexibility index (Phi) is 3.67. The minimum absolute atomic E-state index is 0.268. The van der Waals surface area contributed by atoms with Gasteiger partial charge in [0.05, 0.1) is 12.7 Å². The number of pyridine rings is 1. The second kappa shape index (κ2) is 5.40. The number of ether oxygens (including phenoxy) is 1. The van der Waals surface area contributed by atoms with Gasteiger partial charge in [0.15, 0.2) is 0 Å². The lowest BCUT2D eigenvalue weighted by Gasteiger charge is -2.03. The topological polar surface area (TPSA) is 39.2 Å². The predicted octanol–water partition coefficient (Wildman–Crippen LogP) is 2.60. The average molecular weight is 245 g/mol. The van der Waals surface area contributed by atoms with E-state index < -0.39 is 5.97 Å². The molecule has 0 fully saturated rings. The molecular formula is C14H12FNO2. The molecule has 0 radical (unpaired) electrons. The molecule has 0 atom stereocenters. The fraction of sp³-hybridized carbons (Fsp3) is 0.143. The fourth-order valence-electron chi connectivity index (χ4n) is 1.63. The number of halogens is 1. The van der Waals surface area contributed by atoms with Gasteiger partial charge in [-0.1, -0.05) is 12.1 Å². The Morgan fingerprint density at radius 1 is 1.28 bits per heavy atom. The number of hydrogen-bond acceptors (Lipinski definition) is 3. The lowest BCUT2D eigenvalue weighted by Crippen LogP contribution is -2.03. The predicted molar refractivity (Wildman–Crippen MR) is 64.8 cm³/mol. The normalized spacial score (nSPS) is 10.1. The lowest BCUT2D eigenvalue weighted by molar-refractivity contribution is 0.0600. The van der Waals surface area contributed by atoms with Crippen LogP contribution in [-0.2, 0) is 11.2 Å².